The van der Waals surface area contributed by atoms with E-state index in [1.54, 1.807) is 19.1 Å². The number of rotatable bonds is 4. The highest BCUT2D eigenvalue weighted by atomic mass is 19.1. The van der Waals surface area contributed by atoms with E-state index in [0.29, 0.717) is 42.3 Å². The fourth-order valence-electron chi connectivity index (χ4n) is 4.86. The van der Waals surface area contributed by atoms with Crippen LogP contribution < -0.4 is 5.32 Å². The largest absolute Gasteiger partial charge is 0.446 e. The Morgan fingerprint density at radius 3 is 2.47 bits per heavy atom. The minimum absolute atomic E-state index is 0.0766. The molecule has 5 rings (SSSR count). The molecule has 1 amide bonds. The van der Waals surface area contributed by atoms with Gasteiger partial charge in [-0.3, -0.25) is 0 Å². The quantitative estimate of drug-likeness (QED) is 0.522. The van der Waals surface area contributed by atoms with Gasteiger partial charge in [-0.05, 0) is 80.0 Å². The first-order chi connectivity index (χ1) is 15.2. The Morgan fingerprint density at radius 1 is 1.12 bits per heavy atom. The van der Waals surface area contributed by atoms with Gasteiger partial charge in [0.05, 0.1) is 16.8 Å². The van der Waals surface area contributed by atoms with Crippen LogP contribution >= 0.6 is 0 Å². The highest BCUT2D eigenvalue weighted by Gasteiger charge is 2.41. The summed E-state index contributed by atoms with van der Waals surface area (Å²) < 4.78 is 47.3. The molecule has 3 N–H and O–H groups in total. The number of ether oxygens (including phenoxy) is 1. The predicted octanol–water partition coefficient (Wildman–Crippen LogP) is 5.14. The number of fused-ring (bicyclic) bond motifs is 1. The van der Waals surface area contributed by atoms with Gasteiger partial charge in [-0.1, -0.05) is 0 Å². The number of hydrogen-bond acceptors (Lipinski definition) is 3. The second-order valence-electron chi connectivity index (χ2n) is 9.17. The first-order valence-electron chi connectivity index (χ1n) is 10.6. The number of hydrogen-bond donors (Lipinski definition) is 3. The molecule has 2 aliphatic rings. The minimum atomic E-state index is -0.740. The Kier molecular flexibility index (Phi) is 4.93. The number of halogens is 3. The van der Waals surface area contributed by atoms with Crippen LogP contribution in [0.2, 0.25) is 0 Å². The number of benzene rings is 2. The smallest absolute Gasteiger partial charge is 0.407 e. The average Bonchev–Trinajstić information content (AvgIpc) is 3.02. The van der Waals surface area contributed by atoms with Crippen molar-refractivity contribution >= 4 is 17.0 Å². The standard InChI is InChI=1S/C24H23F3N2O3/c1-24(31)10-16(11-24)28-23(30)32-17-6-13(7-17)20-18-8-15(26)9-19(27)22(18)29-21(20)12-2-4-14(25)5-3-12/h2-5,8-9,13,16-17,29,31H,6-7,10-11H2,1H3,(H,28,30). The molecule has 0 spiro atoms. The van der Waals surface area contributed by atoms with E-state index in [-0.39, 0.29) is 29.4 Å². The van der Waals surface area contributed by atoms with Crippen LogP contribution in [0.5, 0.6) is 0 Å². The first-order valence-corrected chi connectivity index (χ1v) is 10.6. The van der Waals surface area contributed by atoms with Gasteiger partial charge < -0.3 is 20.1 Å². The van der Waals surface area contributed by atoms with Gasteiger partial charge in [-0.2, -0.15) is 0 Å². The maximum absolute atomic E-state index is 14.4. The van der Waals surface area contributed by atoms with Crippen LogP contribution in [-0.4, -0.2) is 33.9 Å². The molecular weight excluding hydrogens is 421 g/mol. The number of carbonyl (C=O) groups is 1. The molecule has 8 heteroatoms. The molecule has 2 aliphatic carbocycles. The third-order valence-corrected chi connectivity index (χ3v) is 6.47. The van der Waals surface area contributed by atoms with Gasteiger partial charge >= 0.3 is 6.09 Å². The molecule has 2 aromatic carbocycles. The molecule has 1 heterocycles. The lowest BCUT2D eigenvalue weighted by Crippen LogP contribution is -2.54. The van der Waals surface area contributed by atoms with Crippen molar-refractivity contribution in [3.8, 4) is 11.3 Å². The SMILES string of the molecule is CC1(O)CC(NC(=O)OC2CC(c3c(-c4ccc(F)cc4)[nH]c4c(F)cc(F)cc34)C2)C1. The topological polar surface area (TPSA) is 74.3 Å². The highest BCUT2D eigenvalue weighted by Crippen LogP contribution is 2.46. The Bertz CT molecular complexity index is 1180. The third kappa shape index (κ3) is 3.83. The van der Waals surface area contributed by atoms with Crippen LogP contribution in [0.25, 0.3) is 22.2 Å². The van der Waals surface area contributed by atoms with Crippen molar-refractivity contribution < 1.29 is 27.8 Å². The van der Waals surface area contributed by atoms with Crippen molar-refractivity contribution in [2.75, 3.05) is 0 Å². The van der Waals surface area contributed by atoms with Crippen LogP contribution in [-0.2, 0) is 4.74 Å². The molecule has 1 aromatic heterocycles. The van der Waals surface area contributed by atoms with Crippen LogP contribution in [0.3, 0.4) is 0 Å². The van der Waals surface area contributed by atoms with Crippen molar-refractivity contribution in [2.45, 2.75) is 56.3 Å². The lowest BCUT2D eigenvalue weighted by molar-refractivity contribution is -0.0412. The Hall–Kier alpha value is -3.00. The number of H-pyrrole nitrogens is 1. The van der Waals surface area contributed by atoms with Crippen molar-refractivity contribution in [2.24, 2.45) is 0 Å². The molecule has 3 aromatic rings. The van der Waals surface area contributed by atoms with E-state index in [2.05, 4.69) is 10.3 Å². The number of carbonyl (C=O) groups excluding carboxylic acids is 1. The van der Waals surface area contributed by atoms with E-state index in [1.165, 1.54) is 18.2 Å². The van der Waals surface area contributed by atoms with Crippen LogP contribution in [0.4, 0.5) is 18.0 Å². The van der Waals surface area contributed by atoms with Gasteiger partial charge in [0.25, 0.3) is 0 Å². The van der Waals surface area contributed by atoms with Crippen LogP contribution in [0.15, 0.2) is 36.4 Å². The number of aromatic amines is 1. The molecule has 168 valence electrons. The van der Waals surface area contributed by atoms with E-state index < -0.39 is 23.3 Å². The zero-order chi connectivity index (χ0) is 22.6. The lowest BCUT2D eigenvalue weighted by Gasteiger charge is -2.41. The molecule has 2 saturated carbocycles. The maximum Gasteiger partial charge on any atom is 0.407 e. The first kappa shape index (κ1) is 20.9. The monoisotopic (exact) mass is 444 g/mol. The molecule has 0 aliphatic heterocycles. The molecule has 0 radical (unpaired) electrons. The number of aliphatic hydroxyl groups is 1. The number of aromatic nitrogens is 1. The van der Waals surface area contributed by atoms with E-state index in [9.17, 15) is 23.1 Å². The molecule has 2 fully saturated rings. The molecule has 32 heavy (non-hydrogen) atoms. The Labute approximate surface area is 182 Å². The summed E-state index contributed by atoms with van der Waals surface area (Å²) in [7, 11) is 0. The average molecular weight is 444 g/mol. The number of amides is 1. The summed E-state index contributed by atoms with van der Waals surface area (Å²) in [5.41, 5.74) is 1.46. The molecule has 0 saturated heterocycles. The minimum Gasteiger partial charge on any atom is -0.446 e. The fraction of sp³-hybridized carbons (Fsp3) is 0.375. The van der Waals surface area contributed by atoms with Gasteiger partial charge in [-0.25, -0.2) is 18.0 Å². The van der Waals surface area contributed by atoms with Gasteiger partial charge in [-0.15, -0.1) is 0 Å². The third-order valence-electron chi connectivity index (χ3n) is 6.47. The molecular formula is C24H23F3N2O3. The van der Waals surface area contributed by atoms with Crippen molar-refractivity contribution in [1.29, 1.82) is 0 Å². The summed E-state index contributed by atoms with van der Waals surface area (Å²) in [6, 6.07) is 7.83. The summed E-state index contributed by atoms with van der Waals surface area (Å²) in [5.74, 6) is -1.84. The van der Waals surface area contributed by atoms with Gasteiger partial charge in [0.1, 0.15) is 23.6 Å². The van der Waals surface area contributed by atoms with E-state index in [0.717, 1.165) is 11.6 Å². The zero-order valence-electron chi connectivity index (χ0n) is 17.4. The number of alkyl carbamates (subject to hydrolysis) is 1. The van der Waals surface area contributed by atoms with E-state index in [4.69, 9.17) is 4.74 Å². The Balaban J connectivity index is 1.35. The summed E-state index contributed by atoms with van der Waals surface area (Å²) in [4.78, 5) is 15.2. The Morgan fingerprint density at radius 2 is 1.81 bits per heavy atom. The van der Waals surface area contributed by atoms with Gasteiger partial charge in [0.2, 0.25) is 0 Å². The molecule has 0 unspecified atom stereocenters. The second-order valence-corrected chi connectivity index (χ2v) is 9.17. The van der Waals surface area contributed by atoms with Gasteiger partial charge in [0, 0.05) is 17.5 Å². The van der Waals surface area contributed by atoms with E-state index in [1.807, 2.05) is 0 Å². The maximum atomic E-state index is 14.4. The molecule has 0 atom stereocenters. The zero-order valence-corrected chi connectivity index (χ0v) is 17.4. The highest BCUT2D eigenvalue weighted by molar-refractivity contribution is 5.92. The van der Waals surface area contributed by atoms with E-state index >= 15 is 0 Å². The van der Waals surface area contributed by atoms with Crippen LogP contribution in [0.1, 0.15) is 44.1 Å². The summed E-state index contributed by atoms with van der Waals surface area (Å²) in [5, 5.41) is 12.9. The molecule has 5 nitrogen and oxygen atoms in total. The van der Waals surface area contributed by atoms with Gasteiger partial charge in [0.15, 0.2) is 0 Å². The summed E-state index contributed by atoms with van der Waals surface area (Å²) in [6.07, 6.45) is 1.16. The summed E-state index contributed by atoms with van der Waals surface area (Å²) >= 11 is 0. The number of nitrogens with one attached hydrogen (secondary N) is 2. The van der Waals surface area contributed by atoms with Crippen molar-refractivity contribution in [1.82, 2.24) is 10.3 Å². The lowest BCUT2D eigenvalue weighted by atomic mass is 9.75. The van der Waals surface area contributed by atoms with Crippen molar-refractivity contribution in [3.05, 3.63) is 59.4 Å². The fourth-order valence-corrected chi connectivity index (χ4v) is 4.86. The normalized spacial score (nSPS) is 27.0. The molecule has 0 bridgehead atoms. The summed E-state index contributed by atoms with van der Waals surface area (Å²) in [6.45, 7) is 1.72. The second kappa shape index (κ2) is 7.55. The van der Waals surface area contributed by atoms with Crippen molar-refractivity contribution in [3.63, 3.8) is 0 Å². The predicted molar refractivity (Wildman–Crippen MR) is 113 cm³/mol. The van der Waals surface area contributed by atoms with Crippen LogP contribution in [0, 0.1) is 17.5 Å².